The van der Waals surface area contributed by atoms with Crippen LogP contribution >= 0.6 is 0 Å². The number of fused-ring (bicyclic) bond motifs is 1. The Morgan fingerprint density at radius 2 is 2.05 bits per heavy atom. The lowest BCUT2D eigenvalue weighted by molar-refractivity contribution is 0.0704. The summed E-state index contributed by atoms with van der Waals surface area (Å²) >= 11 is 0. The zero-order valence-electron chi connectivity index (χ0n) is 12.3. The zero-order chi connectivity index (χ0) is 13.6. The summed E-state index contributed by atoms with van der Waals surface area (Å²) in [7, 11) is 2.20. The van der Waals surface area contributed by atoms with Crippen LogP contribution in [-0.4, -0.2) is 29.1 Å². The van der Waals surface area contributed by atoms with E-state index in [4.69, 9.17) is 0 Å². The van der Waals surface area contributed by atoms with Crippen LogP contribution in [0.4, 0.5) is 0 Å². The normalized spacial score (nSPS) is 32.5. The zero-order valence-corrected chi connectivity index (χ0v) is 12.3. The highest BCUT2D eigenvalue weighted by atomic mass is 16.3. The van der Waals surface area contributed by atoms with Gasteiger partial charge < -0.3 is 5.11 Å². The highest BCUT2D eigenvalue weighted by Crippen LogP contribution is 2.44. The summed E-state index contributed by atoms with van der Waals surface area (Å²) in [5.74, 6) is 0.815. The quantitative estimate of drug-likeness (QED) is 0.881. The fourth-order valence-corrected chi connectivity index (χ4v) is 4.19. The van der Waals surface area contributed by atoms with Crippen molar-refractivity contribution < 1.29 is 5.11 Å². The third-order valence-corrected chi connectivity index (χ3v) is 5.33. The number of aliphatic hydroxyl groups is 1. The molecule has 19 heavy (non-hydrogen) atoms. The second kappa shape index (κ2) is 4.92. The Bertz CT molecular complexity index is 470. The predicted octanol–water partition coefficient (Wildman–Crippen LogP) is 3.21. The molecule has 3 rings (SSSR count). The van der Waals surface area contributed by atoms with Gasteiger partial charge in [0.2, 0.25) is 0 Å². The van der Waals surface area contributed by atoms with Crippen molar-refractivity contribution >= 4 is 0 Å². The molecule has 1 N–H and O–H groups in total. The number of nitrogens with zero attached hydrogens (tertiary/aromatic N) is 1. The number of rotatable bonds is 2. The van der Waals surface area contributed by atoms with E-state index in [0.29, 0.717) is 12.1 Å². The molecule has 2 aliphatic rings. The van der Waals surface area contributed by atoms with Gasteiger partial charge >= 0.3 is 0 Å². The van der Waals surface area contributed by atoms with Gasteiger partial charge in [-0.3, -0.25) is 4.90 Å². The molecule has 4 atom stereocenters. The molecule has 1 saturated heterocycles. The molecule has 2 nitrogen and oxygen atoms in total. The number of likely N-dealkylation sites (N-methyl/N-ethyl adjacent to an activating group) is 1. The van der Waals surface area contributed by atoms with E-state index in [1.165, 1.54) is 30.4 Å². The third kappa shape index (κ3) is 2.21. The highest BCUT2D eigenvalue weighted by Gasteiger charge is 2.44. The largest absolute Gasteiger partial charge is 0.387 e. The van der Waals surface area contributed by atoms with E-state index < -0.39 is 0 Å². The van der Waals surface area contributed by atoms with E-state index in [1.54, 1.807) is 0 Å². The van der Waals surface area contributed by atoms with Gasteiger partial charge in [-0.2, -0.15) is 0 Å². The van der Waals surface area contributed by atoms with E-state index >= 15 is 0 Å². The fourth-order valence-electron chi connectivity index (χ4n) is 4.19. The molecule has 1 aliphatic heterocycles. The average molecular weight is 259 g/mol. The first kappa shape index (κ1) is 13.1. The molecule has 104 valence electrons. The van der Waals surface area contributed by atoms with Crippen molar-refractivity contribution in [3.05, 3.63) is 34.9 Å². The molecule has 1 saturated carbocycles. The van der Waals surface area contributed by atoms with Crippen LogP contribution in [0, 0.1) is 19.8 Å². The summed E-state index contributed by atoms with van der Waals surface area (Å²) < 4.78 is 0. The molecule has 0 amide bonds. The first-order chi connectivity index (χ1) is 9.08. The van der Waals surface area contributed by atoms with Crippen molar-refractivity contribution in [1.82, 2.24) is 4.90 Å². The standard InChI is InChI=1S/C17H25NO/c1-11-7-8-12(2)14(9-11)17(19)16-10-13-5-4-6-15(13)18(16)3/h7-9,13,15-17,19H,4-6,10H2,1-3H3/t13-,15-,16-,17+/m1/s1. The second-order valence-corrected chi connectivity index (χ2v) is 6.53. The minimum atomic E-state index is -0.338. The first-order valence-corrected chi connectivity index (χ1v) is 7.55. The van der Waals surface area contributed by atoms with Crippen LogP contribution in [-0.2, 0) is 0 Å². The van der Waals surface area contributed by atoms with Gasteiger partial charge in [-0.25, -0.2) is 0 Å². The van der Waals surface area contributed by atoms with Gasteiger partial charge in [-0.05, 0) is 57.2 Å². The summed E-state index contributed by atoms with van der Waals surface area (Å²) in [6, 6.07) is 7.42. The van der Waals surface area contributed by atoms with Gasteiger partial charge in [0.25, 0.3) is 0 Å². The van der Waals surface area contributed by atoms with E-state index in [-0.39, 0.29) is 6.10 Å². The van der Waals surface area contributed by atoms with Gasteiger partial charge in [0.05, 0.1) is 6.10 Å². The lowest BCUT2D eigenvalue weighted by Gasteiger charge is -2.29. The number of hydrogen-bond acceptors (Lipinski definition) is 2. The smallest absolute Gasteiger partial charge is 0.0947 e. The molecule has 2 fully saturated rings. The Hall–Kier alpha value is -0.860. The number of benzene rings is 1. The van der Waals surface area contributed by atoms with E-state index in [0.717, 1.165) is 17.9 Å². The molecule has 2 heteroatoms. The maximum atomic E-state index is 10.8. The van der Waals surface area contributed by atoms with Crippen LogP contribution in [0.1, 0.15) is 48.5 Å². The molecular formula is C17H25NO. The Balaban J connectivity index is 1.84. The maximum Gasteiger partial charge on any atom is 0.0947 e. The van der Waals surface area contributed by atoms with Crippen molar-refractivity contribution in [1.29, 1.82) is 0 Å². The van der Waals surface area contributed by atoms with Gasteiger partial charge in [-0.1, -0.05) is 30.2 Å². The Labute approximate surface area is 116 Å². The van der Waals surface area contributed by atoms with Crippen LogP contribution < -0.4 is 0 Å². The van der Waals surface area contributed by atoms with E-state index in [2.05, 4.69) is 44.0 Å². The van der Waals surface area contributed by atoms with Crippen molar-refractivity contribution in [2.45, 2.75) is 57.7 Å². The summed E-state index contributed by atoms with van der Waals surface area (Å²) in [4.78, 5) is 2.45. The fraction of sp³-hybridized carbons (Fsp3) is 0.647. The van der Waals surface area contributed by atoms with Crippen LogP contribution in [0.3, 0.4) is 0 Å². The molecule has 0 bridgehead atoms. The average Bonchev–Trinajstić information content (AvgIpc) is 2.95. The molecule has 1 heterocycles. The minimum absolute atomic E-state index is 0.302. The Kier molecular flexibility index (Phi) is 3.40. The van der Waals surface area contributed by atoms with Crippen molar-refractivity contribution in [2.24, 2.45) is 5.92 Å². The van der Waals surface area contributed by atoms with Crippen LogP contribution in [0.2, 0.25) is 0 Å². The molecule has 1 aromatic carbocycles. The van der Waals surface area contributed by atoms with Crippen LogP contribution in [0.5, 0.6) is 0 Å². The highest BCUT2D eigenvalue weighted by molar-refractivity contribution is 5.33. The molecule has 0 radical (unpaired) electrons. The number of hydrogen-bond donors (Lipinski definition) is 1. The first-order valence-electron chi connectivity index (χ1n) is 7.55. The SMILES string of the molecule is Cc1ccc(C)c([C@H](O)[C@H]2C[C@H]3CCC[C@H]3N2C)c1. The topological polar surface area (TPSA) is 23.5 Å². The number of aliphatic hydroxyl groups excluding tert-OH is 1. The van der Waals surface area contributed by atoms with Crippen molar-refractivity contribution in [2.75, 3.05) is 7.05 Å². The molecule has 0 spiro atoms. The molecular weight excluding hydrogens is 234 g/mol. The lowest BCUT2D eigenvalue weighted by Crippen LogP contribution is -2.36. The third-order valence-electron chi connectivity index (χ3n) is 5.33. The van der Waals surface area contributed by atoms with Gasteiger partial charge in [-0.15, -0.1) is 0 Å². The van der Waals surface area contributed by atoms with Crippen molar-refractivity contribution in [3.63, 3.8) is 0 Å². The van der Waals surface area contributed by atoms with Gasteiger partial charge in [0.1, 0.15) is 0 Å². The van der Waals surface area contributed by atoms with E-state index in [1.807, 2.05) is 0 Å². The predicted molar refractivity (Wildman–Crippen MR) is 78.2 cm³/mol. The van der Waals surface area contributed by atoms with E-state index in [9.17, 15) is 5.11 Å². The summed E-state index contributed by atoms with van der Waals surface area (Å²) in [5, 5.41) is 10.8. The van der Waals surface area contributed by atoms with Crippen LogP contribution in [0.25, 0.3) is 0 Å². The lowest BCUT2D eigenvalue weighted by atomic mass is 9.92. The molecule has 1 aromatic rings. The molecule has 0 aromatic heterocycles. The maximum absolute atomic E-state index is 10.8. The monoisotopic (exact) mass is 259 g/mol. The Morgan fingerprint density at radius 1 is 1.26 bits per heavy atom. The van der Waals surface area contributed by atoms with Gasteiger partial charge in [0.15, 0.2) is 0 Å². The molecule has 0 unspecified atom stereocenters. The summed E-state index contributed by atoms with van der Waals surface area (Å²) in [6.07, 6.45) is 4.86. The summed E-state index contributed by atoms with van der Waals surface area (Å²) in [6.45, 7) is 4.20. The second-order valence-electron chi connectivity index (χ2n) is 6.53. The van der Waals surface area contributed by atoms with Gasteiger partial charge in [0, 0.05) is 12.1 Å². The summed E-state index contributed by atoms with van der Waals surface area (Å²) in [5.41, 5.74) is 3.57. The molecule has 1 aliphatic carbocycles. The number of likely N-dealkylation sites (tertiary alicyclic amines) is 1. The Morgan fingerprint density at radius 3 is 2.79 bits per heavy atom. The van der Waals surface area contributed by atoms with Crippen molar-refractivity contribution in [3.8, 4) is 0 Å². The van der Waals surface area contributed by atoms with Crippen LogP contribution in [0.15, 0.2) is 18.2 Å². The minimum Gasteiger partial charge on any atom is -0.387 e. The number of aryl methyl sites for hydroxylation is 2.